The molecule has 556 valence electrons. The first-order valence-corrected chi connectivity index (χ1v) is 47.7. The van der Waals surface area contributed by atoms with E-state index in [-0.39, 0.29) is 167 Å². The number of fused-ring (bicyclic) bond motifs is 6. The minimum Gasteiger partial charge on any atom is -1.00 e. The minimum absolute atomic E-state index is 0. The number of allylic oxidation sites excluding steroid dienone is 2. The van der Waals surface area contributed by atoms with Gasteiger partial charge in [-0.25, -0.2) is 0 Å². The number of hydrogen-bond acceptors (Lipinski definition) is 18. The van der Waals surface area contributed by atoms with E-state index in [1.807, 2.05) is 215 Å². The molecule has 4 N–H and O–H groups in total. The Hall–Kier alpha value is -2.44. The number of carbonyl (C=O) groups is 5. The van der Waals surface area contributed by atoms with Gasteiger partial charge in [0.1, 0.15) is 33.9 Å². The van der Waals surface area contributed by atoms with Crippen LogP contribution in [0.25, 0.3) is 0 Å². The maximum atomic E-state index is 13.6. The first kappa shape index (κ1) is 93.4. The standard InChI is InChI=1S/C39H40O5.C38H38O6.CH2O3.2K.S11.S2.H/c1-25(2)35-32-22-28(23-37(42)34(20-26(3)36(37)41)38(32,43)27(4)21-33(35)40)24-44-39(29-14-8-5-9-15-29,30-16-10-6-11-17-30)31-18-12-7-13-19-31;1-25-19-34-36(41,35(25)40)23-28(21-32-22-33(44-27(3)39)20-26(2)37(32,34)42)24-43-38(29-13-7-4-8-14-29,30-15-9-5-10-16-30)31-17-11-6-12-18-31;2-1-4-3;;;1-3-5-7-9-11-10-8-6-4-2;1-2;/h5-20,22,27,32,34-35,42-43H,1,21,23-24H2,2-4H3;4-21,26,32,34,41-42H,22-24H2,1-3H3;1,3H;;;;;/q;;;2*+1;;;-1/p-1/t27-,32+,34-,35+,37-,38-;26-,32+,34-,36-,37-;;;;;;/m11....../s1. The van der Waals surface area contributed by atoms with Gasteiger partial charge in [-0.3, -0.25) is 24.0 Å². The van der Waals surface area contributed by atoms with Crippen LogP contribution >= 0.6 is 0 Å². The van der Waals surface area contributed by atoms with Crippen LogP contribution in [0.4, 0.5) is 0 Å². The second kappa shape index (κ2) is 43.9. The molecule has 11 atom stereocenters. The summed E-state index contributed by atoms with van der Waals surface area (Å²) in [5.74, 6) is -5.27. The fourth-order valence-corrected chi connectivity index (χ4v) is 35.0. The molecule has 1 saturated carbocycles. The quantitative estimate of drug-likeness (QED) is 0.0204. The average Bonchev–Trinajstić information content (AvgIpc) is 1.51. The van der Waals surface area contributed by atoms with Crippen LogP contribution in [-0.2, 0) is 179 Å². The average molecular weight is 1740 g/mol. The van der Waals surface area contributed by atoms with Crippen LogP contribution in [0.1, 0.15) is 102 Å². The molecule has 1 fully saturated rings. The molecular formula is C78H80K2O14S13. The van der Waals surface area contributed by atoms with E-state index in [0.29, 0.717) is 33.6 Å². The first-order chi connectivity index (χ1) is 50.4. The van der Waals surface area contributed by atoms with Crippen LogP contribution in [0.2, 0.25) is 0 Å². The molecule has 6 aromatic carbocycles. The van der Waals surface area contributed by atoms with E-state index in [1.165, 1.54) is 24.7 Å². The summed E-state index contributed by atoms with van der Waals surface area (Å²) in [5.41, 5.74) is -0.292. The van der Waals surface area contributed by atoms with E-state index in [2.05, 4.69) is 56.2 Å². The number of ether oxygens (including phenoxy) is 3. The molecule has 0 amide bonds. The van der Waals surface area contributed by atoms with Crippen molar-refractivity contribution in [3.8, 4) is 0 Å². The second-order valence-corrected chi connectivity index (χ2v) is 42.0. The molecule has 6 aromatic rings. The zero-order valence-corrected chi connectivity index (χ0v) is 76.8. The molecule has 0 aliphatic heterocycles. The number of carbonyl (C=O) groups excluding carboxylic acids is 5. The fraction of sp³-hybridized carbons (Fsp3) is 0.321. The predicted molar refractivity (Wildman–Crippen MR) is 442 cm³/mol. The third-order valence-electron chi connectivity index (χ3n) is 20.0. The second-order valence-electron chi connectivity index (χ2n) is 26.1. The van der Waals surface area contributed by atoms with Gasteiger partial charge >= 0.3 is 109 Å². The normalized spacial score (nSPS) is 24.9. The van der Waals surface area contributed by atoms with Crippen LogP contribution < -0.4 is 108 Å². The Morgan fingerprint density at radius 1 is 0.551 bits per heavy atom. The van der Waals surface area contributed by atoms with Crippen LogP contribution in [-0.4, -0.2) is 85.8 Å². The maximum Gasteiger partial charge on any atom is 1.00 e. The van der Waals surface area contributed by atoms with Crippen molar-refractivity contribution >= 4 is 154 Å². The molecule has 12 rings (SSSR count). The van der Waals surface area contributed by atoms with Crippen LogP contribution in [0.3, 0.4) is 0 Å². The Kier molecular flexibility index (Phi) is 38.3. The van der Waals surface area contributed by atoms with E-state index in [9.17, 15) is 39.6 Å². The molecule has 0 saturated heterocycles. The van der Waals surface area contributed by atoms with Crippen molar-refractivity contribution in [1.29, 1.82) is 0 Å². The van der Waals surface area contributed by atoms with Gasteiger partial charge in [0.2, 0.25) is 0 Å². The number of hydrogen-bond donors (Lipinski definition) is 4. The van der Waals surface area contributed by atoms with E-state index < -0.39 is 81.0 Å². The van der Waals surface area contributed by atoms with Crippen LogP contribution in [0, 0.1) is 41.4 Å². The fourth-order valence-electron chi connectivity index (χ4n) is 15.7. The molecule has 0 radical (unpaired) electrons. The zero-order chi connectivity index (χ0) is 76.2. The van der Waals surface area contributed by atoms with Crippen molar-refractivity contribution in [3.05, 3.63) is 286 Å². The molecule has 29 heteroatoms. The summed E-state index contributed by atoms with van der Waals surface area (Å²) in [7, 11) is 14.5. The largest absolute Gasteiger partial charge is 1.00 e. The zero-order valence-electron chi connectivity index (χ0n) is 61.0. The Bertz CT molecular complexity index is 4530. The summed E-state index contributed by atoms with van der Waals surface area (Å²) in [6.07, 6.45) is 9.42. The van der Waals surface area contributed by atoms with Gasteiger partial charge < -0.3 is 46.2 Å². The monoisotopic (exact) mass is 1730 g/mol. The van der Waals surface area contributed by atoms with Crippen molar-refractivity contribution < 1.29 is 173 Å². The third kappa shape index (κ3) is 21.2. The third-order valence-corrected chi connectivity index (χ3v) is 37.8. The van der Waals surface area contributed by atoms with Gasteiger partial charge in [0.05, 0.1) is 24.4 Å². The van der Waals surface area contributed by atoms with Crippen molar-refractivity contribution in [2.75, 3.05) is 13.2 Å². The molecule has 0 aromatic heterocycles. The summed E-state index contributed by atoms with van der Waals surface area (Å²) in [4.78, 5) is 63.8. The topological polar surface area (TPSA) is 226 Å². The Morgan fingerprint density at radius 3 is 1.20 bits per heavy atom. The van der Waals surface area contributed by atoms with Gasteiger partial charge in [0, 0.05) is 193 Å². The smallest absolute Gasteiger partial charge is 1.00 e. The van der Waals surface area contributed by atoms with Crippen molar-refractivity contribution in [1.82, 2.24) is 0 Å². The summed E-state index contributed by atoms with van der Waals surface area (Å²) in [6.45, 7) is 14.3. The molecular weight excluding hydrogens is 1660 g/mol. The summed E-state index contributed by atoms with van der Waals surface area (Å²) >= 11 is 16.7. The van der Waals surface area contributed by atoms with E-state index in [4.69, 9.17) is 24.3 Å². The maximum absolute atomic E-state index is 13.6. The number of Topliss-reactive ketones (excluding diaryl/α,β-unsaturated/α-hetero) is 3. The Morgan fingerprint density at radius 2 is 0.879 bits per heavy atom. The van der Waals surface area contributed by atoms with Gasteiger partial charge in [-0.1, -0.05) is 232 Å². The summed E-state index contributed by atoms with van der Waals surface area (Å²) < 4.78 is 19.7. The molecule has 6 aliphatic rings. The van der Waals surface area contributed by atoms with E-state index in [1.54, 1.807) is 94.2 Å². The Labute approximate surface area is 757 Å². The van der Waals surface area contributed by atoms with E-state index >= 15 is 0 Å². The van der Waals surface area contributed by atoms with Gasteiger partial charge in [-0.05, 0) is 88.4 Å². The first-order valence-electron chi connectivity index (χ1n) is 33.0. The number of ketones is 3. The van der Waals surface area contributed by atoms with Crippen molar-refractivity contribution in [2.45, 2.75) is 101 Å². The minimum atomic E-state index is -1.86. The molecule has 0 spiro atoms. The molecule has 0 unspecified atom stereocenters. The Balaban J connectivity index is 0.000000312. The van der Waals surface area contributed by atoms with Gasteiger partial charge in [-0.2, -0.15) is 0 Å². The molecule has 0 bridgehead atoms. The molecule has 0 heterocycles. The number of aliphatic hydroxyl groups is 4. The number of benzene rings is 6. The van der Waals surface area contributed by atoms with E-state index in [0.717, 1.165) is 33.4 Å². The van der Waals surface area contributed by atoms with Gasteiger partial charge in [0.25, 0.3) is 6.47 Å². The van der Waals surface area contributed by atoms with Gasteiger partial charge in [0.15, 0.2) is 11.6 Å². The SMILES string of the molecule is C=C(C)[C@@H]1C(=O)C[C@@H](C)[C@@]2(O)[C@H]1C=C(COC(c1ccccc1)(c1ccccc1)c1ccccc1)C[C@]1(O)C(=O)C(C)=C[C@@H]21.CC(=O)OC1=C[C@@H](C)[C@@]2(O)[C@@H](C=C(COC(c3ccccc3)(c3ccccc3)c3ccccc3)C[C@]3(O)C(=O)C(C)=C[C@@H]23)C1.O=CO[O-].S=S.S=S=S=S=S=S=S=S=S=S=S.[H-].[K+].[K+]. The van der Waals surface area contributed by atoms with Crippen LogP contribution in [0.5, 0.6) is 0 Å². The number of esters is 1. The van der Waals surface area contributed by atoms with Crippen molar-refractivity contribution in [2.24, 2.45) is 41.4 Å². The summed E-state index contributed by atoms with van der Waals surface area (Å²) in [5, 5.41) is 57.8. The van der Waals surface area contributed by atoms with Crippen molar-refractivity contribution in [3.63, 3.8) is 0 Å². The molecule has 14 nitrogen and oxygen atoms in total. The molecule has 107 heavy (non-hydrogen) atoms. The van der Waals surface area contributed by atoms with Crippen LogP contribution in [0.15, 0.2) is 253 Å². The summed E-state index contributed by atoms with van der Waals surface area (Å²) in [6, 6.07) is 60.0. The molecule has 6 aliphatic carbocycles. The van der Waals surface area contributed by atoms with Gasteiger partial charge in [-0.15, -0.1) is 0 Å². The predicted octanol–water partition coefficient (Wildman–Crippen LogP) is 4.91. The number of rotatable bonds is 15.